The number of carbonyl (C=O) groups excluding carboxylic acids is 1. The first-order valence-corrected chi connectivity index (χ1v) is 5.35. The third kappa shape index (κ3) is 2.00. The number of benzene rings is 1. The summed E-state index contributed by atoms with van der Waals surface area (Å²) in [5.41, 5.74) is 0.496. The molecule has 1 aliphatic heterocycles. The van der Waals surface area contributed by atoms with Gasteiger partial charge in [-0.25, -0.2) is 0 Å². The topological polar surface area (TPSA) is 26.3 Å². The van der Waals surface area contributed by atoms with Crippen LogP contribution in [0.5, 0.6) is 0 Å². The van der Waals surface area contributed by atoms with Crippen LogP contribution in [0.25, 0.3) is 0 Å². The Hall–Kier alpha value is -1.02. The second-order valence-corrected chi connectivity index (χ2v) is 4.87. The molecular weight excluding hydrogens is 212 g/mol. The molecule has 1 unspecified atom stereocenters. The highest BCUT2D eigenvalue weighted by atomic mass is 35.5. The lowest BCUT2D eigenvalue weighted by atomic mass is 9.91. The minimum Gasteiger partial charge on any atom is -0.459 e. The summed E-state index contributed by atoms with van der Waals surface area (Å²) in [6.45, 7) is 3.84. The lowest BCUT2D eigenvalue weighted by molar-refractivity contribution is -0.146. The van der Waals surface area contributed by atoms with Gasteiger partial charge in [-0.05, 0) is 25.5 Å². The van der Waals surface area contributed by atoms with Crippen molar-refractivity contribution < 1.29 is 9.53 Å². The highest BCUT2D eigenvalue weighted by Crippen LogP contribution is 2.39. The van der Waals surface area contributed by atoms with Crippen LogP contribution in [0.2, 0.25) is 5.02 Å². The largest absolute Gasteiger partial charge is 0.459 e. The van der Waals surface area contributed by atoms with E-state index in [9.17, 15) is 4.79 Å². The summed E-state index contributed by atoms with van der Waals surface area (Å²) in [5, 5.41) is 0.636. The SMILES string of the molecule is CC1(C)CC(c2ccccc2Cl)C(=O)O1. The van der Waals surface area contributed by atoms with Gasteiger partial charge in [0.15, 0.2) is 0 Å². The molecule has 2 nitrogen and oxygen atoms in total. The van der Waals surface area contributed by atoms with E-state index in [-0.39, 0.29) is 17.5 Å². The van der Waals surface area contributed by atoms with Gasteiger partial charge in [0.25, 0.3) is 0 Å². The standard InChI is InChI=1S/C12H13ClO2/c1-12(2)7-9(11(14)15-12)8-5-3-4-6-10(8)13/h3-6,9H,7H2,1-2H3. The molecule has 0 aliphatic carbocycles. The van der Waals surface area contributed by atoms with E-state index in [0.717, 1.165) is 5.56 Å². The molecule has 2 rings (SSSR count). The molecule has 0 N–H and O–H groups in total. The van der Waals surface area contributed by atoms with Crippen LogP contribution in [-0.2, 0) is 9.53 Å². The van der Waals surface area contributed by atoms with Crippen LogP contribution in [0.4, 0.5) is 0 Å². The Morgan fingerprint density at radius 1 is 1.40 bits per heavy atom. The van der Waals surface area contributed by atoms with Crippen molar-refractivity contribution in [1.29, 1.82) is 0 Å². The first-order valence-electron chi connectivity index (χ1n) is 4.97. The third-order valence-corrected chi connectivity index (χ3v) is 2.98. The van der Waals surface area contributed by atoms with Crippen molar-refractivity contribution in [3.8, 4) is 0 Å². The Kier molecular flexibility index (Phi) is 2.47. The van der Waals surface area contributed by atoms with Crippen LogP contribution in [0.3, 0.4) is 0 Å². The maximum atomic E-state index is 11.7. The van der Waals surface area contributed by atoms with Crippen LogP contribution in [0.15, 0.2) is 24.3 Å². The second-order valence-electron chi connectivity index (χ2n) is 4.46. The number of halogens is 1. The minimum absolute atomic E-state index is 0.173. The number of hydrogen-bond acceptors (Lipinski definition) is 2. The average Bonchev–Trinajstić information content (AvgIpc) is 2.40. The summed E-state index contributed by atoms with van der Waals surface area (Å²) in [6.07, 6.45) is 0.690. The van der Waals surface area contributed by atoms with E-state index in [1.54, 1.807) is 6.07 Å². The Bertz CT molecular complexity index is 398. The van der Waals surface area contributed by atoms with Crippen LogP contribution in [0.1, 0.15) is 31.7 Å². The second kappa shape index (κ2) is 3.53. The van der Waals surface area contributed by atoms with Crippen LogP contribution < -0.4 is 0 Å². The van der Waals surface area contributed by atoms with Gasteiger partial charge in [0, 0.05) is 11.4 Å². The number of rotatable bonds is 1. The summed E-state index contributed by atoms with van der Waals surface area (Å²) in [7, 11) is 0. The fraction of sp³-hybridized carbons (Fsp3) is 0.417. The highest BCUT2D eigenvalue weighted by Gasteiger charge is 2.41. The van der Waals surface area contributed by atoms with E-state index < -0.39 is 0 Å². The van der Waals surface area contributed by atoms with E-state index in [1.807, 2.05) is 32.0 Å². The summed E-state index contributed by atoms with van der Waals surface area (Å²) in [6, 6.07) is 7.43. The summed E-state index contributed by atoms with van der Waals surface area (Å²) in [4.78, 5) is 11.7. The monoisotopic (exact) mass is 224 g/mol. The van der Waals surface area contributed by atoms with Gasteiger partial charge in [-0.2, -0.15) is 0 Å². The molecule has 0 bridgehead atoms. The van der Waals surface area contributed by atoms with E-state index in [1.165, 1.54) is 0 Å². The van der Waals surface area contributed by atoms with E-state index in [4.69, 9.17) is 16.3 Å². The highest BCUT2D eigenvalue weighted by molar-refractivity contribution is 6.31. The Balaban J connectivity index is 2.34. The summed E-state index contributed by atoms with van der Waals surface area (Å²) in [5.74, 6) is -0.387. The predicted octanol–water partition coefficient (Wildman–Crippen LogP) is 3.15. The van der Waals surface area contributed by atoms with Gasteiger partial charge in [0.05, 0.1) is 5.92 Å². The maximum Gasteiger partial charge on any atom is 0.314 e. The molecule has 0 amide bonds. The van der Waals surface area contributed by atoms with Crippen LogP contribution >= 0.6 is 11.6 Å². The molecule has 1 heterocycles. The van der Waals surface area contributed by atoms with E-state index >= 15 is 0 Å². The zero-order valence-corrected chi connectivity index (χ0v) is 9.54. The number of carbonyl (C=O) groups is 1. The first-order chi connectivity index (χ1) is 6.99. The molecule has 1 aromatic rings. The number of ether oxygens (including phenoxy) is 1. The molecule has 0 radical (unpaired) electrons. The molecule has 0 saturated carbocycles. The molecule has 0 aromatic heterocycles. The molecule has 1 atom stereocenters. The molecular formula is C12H13ClO2. The lowest BCUT2D eigenvalue weighted by Gasteiger charge is -2.14. The quantitative estimate of drug-likeness (QED) is 0.685. The Morgan fingerprint density at radius 3 is 2.60 bits per heavy atom. The van der Waals surface area contributed by atoms with Gasteiger partial charge in [-0.1, -0.05) is 29.8 Å². The van der Waals surface area contributed by atoms with Gasteiger partial charge in [0.1, 0.15) is 5.60 Å². The molecule has 1 aromatic carbocycles. The zero-order valence-electron chi connectivity index (χ0n) is 8.79. The van der Waals surface area contributed by atoms with Gasteiger partial charge in [-0.15, -0.1) is 0 Å². The predicted molar refractivity (Wildman–Crippen MR) is 59.0 cm³/mol. The summed E-state index contributed by atoms with van der Waals surface area (Å²) >= 11 is 6.05. The fourth-order valence-corrected chi connectivity index (χ4v) is 2.22. The number of esters is 1. The Labute approximate surface area is 94.2 Å². The molecule has 1 fully saturated rings. The van der Waals surface area contributed by atoms with Crippen LogP contribution in [-0.4, -0.2) is 11.6 Å². The van der Waals surface area contributed by atoms with Gasteiger partial charge < -0.3 is 4.74 Å². The first kappa shape index (κ1) is 10.5. The van der Waals surface area contributed by atoms with Crippen molar-refractivity contribution in [1.82, 2.24) is 0 Å². The molecule has 3 heteroatoms. The number of cyclic esters (lactones) is 1. The average molecular weight is 225 g/mol. The Morgan fingerprint density at radius 2 is 2.07 bits per heavy atom. The smallest absolute Gasteiger partial charge is 0.314 e. The fourth-order valence-electron chi connectivity index (χ4n) is 1.95. The molecule has 15 heavy (non-hydrogen) atoms. The summed E-state index contributed by atoms with van der Waals surface area (Å²) < 4.78 is 5.27. The molecule has 1 saturated heterocycles. The number of hydrogen-bond donors (Lipinski definition) is 0. The van der Waals surface area contributed by atoms with Crippen molar-refractivity contribution in [2.75, 3.05) is 0 Å². The normalized spacial score (nSPS) is 23.9. The van der Waals surface area contributed by atoms with Crippen molar-refractivity contribution in [2.24, 2.45) is 0 Å². The lowest BCUT2D eigenvalue weighted by Crippen LogP contribution is -2.17. The van der Waals surface area contributed by atoms with Gasteiger partial charge in [0.2, 0.25) is 0 Å². The van der Waals surface area contributed by atoms with Crippen molar-refractivity contribution in [2.45, 2.75) is 31.8 Å². The van der Waals surface area contributed by atoms with E-state index in [0.29, 0.717) is 11.4 Å². The van der Waals surface area contributed by atoms with Crippen molar-refractivity contribution in [3.63, 3.8) is 0 Å². The molecule has 0 spiro atoms. The van der Waals surface area contributed by atoms with Crippen molar-refractivity contribution >= 4 is 17.6 Å². The van der Waals surface area contributed by atoms with Gasteiger partial charge in [-0.3, -0.25) is 4.79 Å². The van der Waals surface area contributed by atoms with Gasteiger partial charge >= 0.3 is 5.97 Å². The van der Waals surface area contributed by atoms with Crippen LogP contribution in [0, 0.1) is 0 Å². The maximum absolute atomic E-state index is 11.7. The van der Waals surface area contributed by atoms with Crippen molar-refractivity contribution in [3.05, 3.63) is 34.9 Å². The third-order valence-electron chi connectivity index (χ3n) is 2.64. The minimum atomic E-state index is -0.374. The molecule has 1 aliphatic rings. The zero-order chi connectivity index (χ0) is 11.1. The van der Waals surface area contributed by atoms with E-state index in [2.05, 4.69) is 0 Å². The molecule has 80 valence electrons.